The summed E-state index contributed by atoms with van der Waals surface area (Å²) in [5, 5.41) is 9.66. The Bertz CT molecular complexity index is 692. The van der Waals surface area contributed by atoms with E-state index in [1.54, 1.807) is 0 Å². The molecule has 0 aliphatic rings. The van der Waals surface area contributed by atoms with Crippen molar-refractivity contribution in [3.05, 3.63) is 53.3 Å². The van der Waals surface area contributed by atoms with Crippen LogP contribution in [0.3, 0.4) is 0 Å². The van der Waals surface area contributed by atoms with Crippen LogP contribution in [0.25, 0.3) is 0 Å². The number of aliphatic imine (C=N–C) groups is 1. The molecule has 1 aromatic heterocycles. The summed E-state index contributed by atoms with van der Waals surface area (Å²) in [5.74, 6) is 0.482. The van der Waals surface area contributed by atoms with Gasteiger partial charge in [0.1, 0.15) is 0 Å². The van der Waals surface area contributed by atoms with Gasteiger partial charge in [-0.1, -0.05) is 30.3 Å². The maximum Gasteiger partial charge on any atom is 0.435 e. The van der Waals surface area contributed by atoms with Gasteiger partial charge in [-0.25, -0.2) is 4.99 Å². The third-order valence-corrected chi connectivity index (χ3v) is 3.47. The van der Waals surface area contributed by atoms with Gasteiger partial charge in [0, 0.05) is 31.9 Å². The van der Waals surface area contributed by atoms with Crippen molar-refractivity contribution in [2.45, 2.75) is 26.1 Å². The summed E-state index contributed by atoms with van der Waals surface area (Å²) in [6.45, 7) is 3.06. The van der Waals surface area contributed by atoms with Crippen molar-refractivity contribution in [1.82, 2.24) is 20.4 Å². The summed E-state index contributed by atoms with van der Waals surface area (Å²) in [6.07, 6.45) is -2.34. The quantitative estimate of drug-likeness (QED) is 0.620. The second-order valence-corrected chi connectivity index (χ2v) is 5.53. The molecule has 2 rings (SSSR count). The number of nitrogens with zero attached hydrogens (tertiary/aromatic N) is 3. The minimum atomic E-state index is -4.48. The minimum Gasteiger partial charge on any atom is -0.357 e. The molecule has 8 heteroatoms. The van der Waals surface area contributed by atoms with Crippen molar-refractivity contribution >= 4 is 5.96 Å². The average molecular weight is 353 g/mol. The highest BCUT2D eigenvalue weighted by molar-refractivity contribution is 5.79. The van der Waals surface area contributed by atoms with Crippen molar-refractivity contribution in [3.8, 4) is 0 Å². The van der Waals surface area contributed by atoms with E-state index in [-0.39, 0.29) is 12.1 Å². The van der Waals surface area contributed by atoms with Crippen LogP contribution in [0.4, 0.5) is 13.2 Å². The Balaban J connectivity index is 2.00. The Hall–Kier alpha value is -2.51. The fraction of sp³-hybridized carbons (Fsp3) is 0.412. The van der Waals surface area contributed by atoms with Gasteiger partial charge in [0.25, 0.3) is 0 Å². The largest absolute Gasteiger partial charge is 0.435 e. The zero-order valence-electron chi connectivity index (χ0n) is 14.3. The van der Waals surface area contributed by atoms with Crippen LogP contribution in [0, 0.1) is 0 Å². The molecular formula is C17H22F3N5. The molecule has 0 spiro atoms. The highest BCUT2D eigenvalue weighted by atomic mass is 19.4. The minimum absolute atomic E-state index is 0.0512. The number of guanidine groups is 1. The molecule has 0 bridgehead atoms. The van der Waals surface area contributed by atoms with Crippen LogP contribution in [0.5, 0.6) is 0 Å². The lowest BCUT2D eigenvalue weighted by Crippen LogP contribution is -2.38. The Morgan fingerprint density at radius 2 is 1.92 bits per heavy atom. The zero-order chi connectivity index (χ0) is 18.3. The SMILES string of the molecule is CCNC(=NCc1cn(C)nc1C(F)(F)F)NCCc1ccccc1. The number of aryl methyl sites for hydroxylation is 1. The number of alkyl halides is 3. The van der Waals surface area contributed by atoms with Crippen molar-refractivity contribution < 1.29 is 13.2 Å². The van der Waals surface area contributed by atoms with Crippen molar-refractivity contribution in [2.75, 3.05) is 13.1 Å². The molecule has 0 atom stereocenters. The summed E-state index contributed by atoms with van der Waals surface area (Å²) in [6, 6.07) is 9.94. The van der Waals surface area contributed by atoms with E-state index < -0.39 is 11.9 Å². The summed E-state index contributed by atoms with van der Waals surface area (Å²) in [4.78, 5) is 4.24. The van der Waals surface area contributed by atoms with Crippen LogP contribution in [-0.4, -0.2) is 28.8 Å². The van der Waals surface area contributed by atoms with Crippen molar-refractivity contribution in [2.24, 2.45) is 12.0 Å². The third-order valence-electron chi connectivity index (χ3n) is 3.47. The molecule has 2 aromatic rings. The van der Waals surface area contributed by atoms with E-state index in [0.717, 1.165) is 11.1 Å². The monoisotopic (exact) mass is 353 g/mol. The zero-order valence-corrected chi connectivity index (χ0v) is 14.3. The normalized spacial score (nSPS) is 12.3. The summed E-state index contributed by atoms with van der Waals surface area (Å²) < 4.78 is 40.1. The van der Waals surface area contributed by atoms with Crippen LogP contribution in [0.2, 0.25) is 0 Å². The first-order valence-electron chi connectivity index (χ1n) is 8.06. The molecule has 1 heterocycles. The van der Waals surface area contributed by atoms with E-state index in [9.17, 15) is 13.2 Å². The third kappa shape index (κ3) is 5.81. The number of hydrogen-bond acceptors (Lipinski definition) is 2. The standard InChI is InChI=1S/C17H22F3N5/c1-3-21-16(22-10-9-13-7-5-4-6-8-13)23-11-14-12-25(2)24-15(14)17(18,19)20/h4-8,12H,3,9-11H2,1-2H3,(H2,21,22,23). The maximum absolute atomic E-state index is 13.0. The van der Waals surface area contributed by atoms with E-state index in [1.807, 2.05) is 37.3 Å². The fourth-order valence-electron chi connectivity index (χ4n) is 2.37. The molecule has 0 amide bonds. The van der Waals surface area contributed by atoms with E-state index in [4.69, 9.17) is 0 Å². The van der Waals surface area contributed by atoms with Crippen LogP contribution >= 0.6 is 0 Å². The molecule has 0 aliphatic carbocycles. The lowest BCUT2D eigenvalue weighted by atomic mass is 10.1. The molecule has 2 N–H and O–H groups in total. The van der Waals surface area contributed by atoms with Gasteiger partial charge in [0.15, 0.2) is 11.7 Å². The second kappa shape index (κ2) is 8.55. The van der Waals surface area contributed by atoms with E-state index in [0.29, 0.717) is 19.0 Å². The molecule has 136 valence electrons. The highest BCUT2D eigenvalue weighted by Gasteiger charge is 2.36. The van der Waals surface area contributed by atoms with E-state index in [1.165, 1.54) is 18.8 Å². The first-order chi connectivity index (χ1) is 11.9. The molecule has 25 heavy (non-hydrogen) atoms. The second-order valence-electron chi connectivity index (χ2n) is 5.53. The van der Waals surface area contributed by atoms with E-state index in [2.05, 4.69) is 20.7 Å². The van der Waals surface area contributed by atoms with Gasteiger partial charge in [-0.3, -0.25) is 4.68 Å². The van der Waals surface area contributed by atoms with Gasteiger partial charge in [0.2, 0.25) is 0 Å². The van der Waals surface area contributed by atoms with Crippen molar-refractivity contribution in [3.63, 3.8) is 0 Å². The van der Waals surface area contributed by atoms with Crippen LogP contribution in [0.1, 0.15) is 23.7 Å². The van der Waals surface area contributed by atoms with Crippen LogP contribution < -0.4 is 10.6 Å². The summed E-state index contributed by atoms with van der Waals surface area (Å²) in [5.41, 5.74) is 0.339. The smallest absolute Gasteiger partial charge is 0.357 e. The predicted octanol–water partition coefficient (Wildman–Crippen LogP) is 2.74. The molecule has 0 radical (unpaired) electrons. The molecule has 0 fully saturated rings. The van der Waals surface area contributed by atoms with Gasteiger partial charge in [-0.15, -0.1) is 0 Å². The molecule has 0 saturated carbocycles. The molecule has 0 unspecified atom stereocenters. The maximum atomic E-state index is 13.0. The topological polar surface area (TPSA) is 54.2 Å². The Morgan fingerprint density at radius 3 is 2.56 bits per heavy atom. The van der Waals surface area contributed by atoms with Gasteiger partial charge >= 0.3 is 6.18 Å². The highest BCUT2D eigenvalue weighted by Crippen LogP contribution is 2.30. The first kappa shape index (κ1) is 18.8. The van der Waals surface area contributed by atoms with Crippen LogP contribution in [-0.2, 0) is 26.2 Å². The molecule has 0 saturated heterocycles. The Kier molecular flexibility index (Phi) is 6.44. The first-order valence-corrected chi connectivity index (χ1v) is 8.06. The fourth-order valence-corrected chi connectivity index (χ4v) is 2.37. The van der Waals surface area contributed by atoms with E-state index >= 15 is 0 Å². The number of halogens is 3. The lowest BCUT2D eigenvalue weighted by Gasteiger charge is -2.11. The average Bonchev–Trinajstić information content (AvgIpc) is 2.95. The Labute approximate surface area is 145 Å². The molecule has 5 nitrogen and oxygen atoms in total. The Morgan fingerprint density at radius 1 is 1.20 bits per heavy atom. The van der Waals surface area contributed by atoms with Crippen molar-refractivity contribution in [1.29, 1.82) is 0 Å². The predicted molar refractivity (Wildman–Crippen MR) is 91.2 cm³/mol. The molecule has 0 aliphatic heterocycles. The molecular weight excluding hydrogens is 331 g/mol. The van der Waals surface area contributed by atoms with Gasteiger partial charge in [-0.05, 0) is 18.9 Å². The van der Waals surface area contributed by atoms with Gasteiger partial charge in [0.05, 0.1) is 6.54 Å². The van der Waals surface area contributed by atoms with Gasteiger partial charge in [-0.2, -0.15) is 18.3 Å². The number of rotatable bonds is 6. The lowest BCUT2D eigenvalue weighted by molar-refractivity contribution is -0.142. The number of hydrogen-bond donors (Lipinski definition) is 2. The number of aromatic nitrogens is 2. The number of benzene rings is 1. The summed E-state index contributed by atoms with van der Waals surface area (Å²) >= 11 is 0. The number of nitrogens with one attached hydrogen (secondary N) is 2. The summed E-state index contributed by atoms with van der Waals surface area (Å²) in [7, 11) is 1.46. The molecule has 1 aromatic carbocycles. The van der Waals surface area contributed by atoms with Gasteiger partial charge < -0.3 is 10.6 Å². The van der Waals surface area contributed by atoms with Crippen LogP contribution in [0.15, 0.2) is 41.5 Å².